The highest BCUT2D eigenvalue weighted by atomic mass is 16.5. The number of hydrogen-bond acceptors (Lipinski definition) is 2. The highest BCUT2D eigenvalue weighted by Gasteiger charge is 2.03. The van der Waals surface area contributed by atoms with Gasteiger partial charge in [-0.15, -0.1) is 0 Å². The summed E-state index contributed by atoms with van der Waals surface area (Å²) in [5.41, 5.74) is 2.78. The maximum Gasteiger partial charge on any atom is 0.323 e. The van der Waals surface area contributed by atoms with E-state index in [0.717, 1.165) is 30.0 Å². The third kappa shape index (κ3) is 4.81. The molecule has 2 rings (SSSR count). The van der Waals surface area contributed by atoms with Gasteiger partial charge in [0.05, 0.1) is 6.61 Å². The van der Waals surface area contributed by atoms with E-state index in [0.29, 0.717) is 6.61 Å². The van der Waals surface area contributed by atoms with Crippen LogP contribution in [0.5, 0.6) is 5.75 Å². The number of nitrogens with one attached hydrogen (secondary N) is 2. The van der Waals surface area contributed by atoms with Gasteiger partial charge in [-0.05, 0) is 55.3 Å². The number of benzene rings is 2. The fraction of sp³-hybridized carbons (Fsp3) is 0.278. The first kappa shape index (κ1) is 15.9. The molecule has 0 aliphatic rings. The lowest BCUT2D eigenvalue weighted by Crippen LogP contribution is -2.19. The molecule has 2 N–H and O–H groups in total. The van der Waals surface area contributed by atoms with Crippen molar-refractivity contribution in [2.24, 2.45) is 0 Å². The van der Waals surface area contributed by atoms with E-state index in [4.69, 9.17) is 4.74 Å². The molecule has 0 saturated heterocycles. The summed E-state index contributed by atoms with van der Waals surface area (Å²) in [6.45, 7) is 4.71. The first-order valence-electron chi connectivity index (χ1n) is 7.61. The third-order valence-corrected chi connectivity index (χ3v) is 3.17. The minimum Gasteiger partial charge on any atom is -0.494 e. The summed E-state index contributed by atoms with van der Waals surface area (Å²) >= 11 is 0. The SMILES string of the molecule is CCCc1ccc(NC(=O)Nc2ccc(OCC)cc2)cc1. The number of aryl methyl sites for hydroxylation is 1. The molecule has 0 atom stereocenters. The molecule has 0 radical (unpaired) electrons. The van der Waals surface area contributed by atoms with Crippen LogP contribution in [0.15, 0.2) is 48.5 Å². The average molecular weight is 298 g/mol. The molecule has 0 saturated carbocycles. The summed E-state index contributed by atoms with van der Waals surface area (Å²) < 4.78 is 5.36. The fourth-order valence-corrected chi connectivity index (χ4v) is 2.14. The predicted octanol–water partition coefficient (Wildman–Crippen LogP) is 4.68. The first-order valence-corrected chi connectivity index (χ1v) is 7.61. The summed E-state index contributed by atoms with van der Waals surface area (Å²) in [4.78, 5) is 11.9. The Labute approximate surface area is 131 Å². The van der Waals surface area contributed by atoms with Crippen molar-refractivity contribution in [2.45, 2.75) is 26.7 Å². The molecule has 2 amide bonds. The summed E-state index contributed by atoms with van der Waals surface area (Å²) in [6, 6.07) is 14.9. The minimum atomic E-state index is -0.257. The van der Waals surface area contributed by atoms with E-state index >= 15 is 0 Å². The summed E-state index contributed by atoms with van der Waals surface area (Å²) in [7, 11) is 0. The van der Waals surface area contributed by atoms with E-state index in [1.54, 1.807) is 0 Å². The Morgan fingerprint density at radius 2 is 1.45 bits per heavy atom. The maximum atomic E-state index is 11.9. The van der Waals surface area contributed by atoms with Gasteiger partial charge in [-0.1, -0.05) is 25.5 Å². The van der Waals surface area contributed by atoms with Crippen molar-refractivity contribution in [3.05, 3.63) is 54.1 Å². The van der Waals surface area contributed by atoms with E-state index in [1.165, 1.54) is 5.56 Å². The lowest BCUT2D eigenvalue weighted by molar-refractivity contribution is 0.262. The molecular formula is C18H22N2O2. The Morgan fingerprint density at radius 1 is 0.909 bits per heavy atom. The first-order chi connectivity index (χ1) is 10.7. The van der Waals surface area contributed by atoms with Gasteiger partial charge < -0.3 is 15.4 Å². The smallest absolute Gasteiger partial charge is 0.323 e. The monoisotopic (exact) mass is 298 g/mol. The second-order valence-electron chi connectivity index (χ2n) is 4.98. The Balaban J connectivity index is 1.89. The summed E-state index contributed by atoms with van der Waals surface area (Å²) in [6.07, 6.45) is 2.17. The van der Waals surface area contributed by atoms with Crippen LogP contribution in [-0.4, -0.2) is 12.6 Å². The maximum absolute atomic E-state index is 11.9. The van der Waals surface area contributed by atoms with Crippen LogP contribution in [0.2, 0.25) is 0 Å². The number of amides is 2. The Hall–Kier alpha value is -2.49. The van der Waals surface area contributed by atoms with Crippen LogP contribution < -0.4 is 15.4 Å². The van der Waals surface area contributed by atoms with Crippen molar-refractivity contribution in [3.63, 3.8) is 0 Å². The second kappa shape index (κ2) is 8.08. The predicted molar refractivity (Wildman–Crippen MR) is 90.7 cm³/mol. The van der Waals surface area contributed by atoms with E-state index < -0.39 is 0 Å². The zero-order valence-electron chi connectivity index (χ0n) is 13.1. The van der Waals surface area contributed by atoms with E-state index in [1.807, 2.05) is 55.5 Å². The van der Waals surface area contributed by atoms with Crippen molar-refractivity contribution in [1.29, 1.82) is 0 Å². The molecule has 0 unspecified atom stereocenters. The lowest BCUT2D eigenvalue weighted by atomic mass is 10.1. The van der Waals surface area contributed by atoms with Gasteiger partial charge in [-0.3, -0.25) is 0 Å². The minimum absolute atomic E-state index is 0.257. The largest absolute Gasteiger partial charge is 0.494 e. The molecule has 2 aromatic carbocycles. The molecular weight excluding hydrogens is 276 g/mol. The molecule has 0 bridgehead atoms. The van der Waals surface area contributed by atoms with Crippen LogP contribution in [0, 0.1) is 0 Å². The van der Waals surface area contributed by atoms with Crippen LogP contribution in [0.4, 0.5) is 16.2 Å². The lowest BCUT2D eigenvalue weighted by Gasteiger charge is -2.09. The number of ether oxygens (including phenoxy) is 1. The molecule has 116 valence electrons. The van der Waals surface area contributed by atoms with E-state index in [9.17, 15) is 4.79 Å². The molecule has 0 fully saturated rings. The molecule has 4 nitrogen and oxygen atoms in total. The quantitative estimate of drug-likeness (QED) is 0.813. The molecule has 0 aliphatic carbocycles. The number of carbonyl (C=O) groups excluding carboxylic acids is 1. The standard InChI is InChI=1S/C18H22N2O2/c1-3-5-14-6-8-15(9-7-14)19-18(21)20-16-10-12-17(13-11-16)22-4-2/h6-13H,3-5H2,1-2H3,(H2,19,20,21). The summed E-state index contributed by atoms with van der Waals surface area (Å²) in [5, 5.41) is 5.61. The molecule has 22 heavy (non-hydrogen) atoms. The molecule has 0 spiro atoms. The van der Waals surface area contributed by atoms with Gasteiger partial charge in [-0.25, -0.2) is 4.79 Å². The fourth-order valence-electron chi connectivity index (χ4n) is 2.14. The number of rotatable bonds is 6. The van der Waals surface area contributed by atoms with Gasteiger partial charge in [0.25, 0.3) is 0 Å². The highest BCUT2D eigenvalue weighted by molar-refractivity contribution is 5.99. The molecule has 0 aromatic heterocycles. The van der Waals surface area contributed by atoms with Crippen LogP contribution in [0.1, 0.15) is 25.8 Å². The van der Waals surface area contributed by atoms with Gasteiger partial charge in [0.2, 0.25) is 0 Å². The van der Waals surface area contributed by atoms with Crippen LogP contribution in [0.3, 0.4) is 0 Å². The Morgan fingerprint density at radius 3 is 1.95 bits per heavy atom. The third-order valence-electron chi connectivity index (χ3n) is 3.17. The normalized spacial score (nSPS) is 10.1. The topological polar surface area (TPSA) is 50.4 Å². The van der Waals surface area contributed by atoms with Crippen LogP contribution >= 0.6 is 0 Å². The van der Waals surface area contributed by atoms with Crippen LogP contribution in [0.25, 0.3) is 0 Å². The average Bonchev–Trinajstić information content (AvgIpc) is 2.52. The zero-order valence-corrected chi connectivity index (χ0v) is 13.1. The summed E-state index contributed by atoms with van der Waals surface area (Å²) in [5.74, 6) is 0.792. The van der Waals surface area contributed by atoms with Gasteiger partial charge in [0.15, 0.2) is 0 Å². The molecule has 4 heteroatoms. The van der Waals surface area contributed by atoms with Gasteiger partial charge in [-0.2, -0.15) is 0 Å². The Kier molecular flexibility index (Phi) is 5.83. The number of urea groups is 1. The van der Waals surface area contributed by atoms with E-state index in [-0.39, 0.29) is 6.03 Å². The van der Waals surface area contributed by atoms with Crippen molar-refractivity contribution in [3.8, 4) is 5.75 Å². The van der Waals surface area contributed by atoms with E-state index in [2.05, 4.69) is 17.6 Å². The van der Waals surface area contributed by atoms with Crippen molar-refractivity contribution < 1.29 is 9.53 Å². The number of carbonyl (C=O) groups is 1. The Bertz CT molecular complexity index is 538. The van der Waals surface area contributed by atoms with Crippen molar-refractivity contribution in [2.75, 3.05) is 17.2 Å². The van der Waals surface area contributed by atoms with Gasteiger partial charge >= 0.3 is 6.03 Å². The molecule has 2 aromatic rings. The van der Waals surface area contributed by atoms with Crippen molar-refractivity contribution in [1.82, 2.24) is 0 Å². The highest BCUT2D eigenvalue weighted by Crippen LogP contribution is 2.16. The van der Waals surface area contributed by atoms with Gasteiger partial charge in [0, 0.05) is 11.4 Å². The number of anilines is 2. The number of hydrogen-bond donors (Lipinski definition) is 2. The zero-order chi connectivity index (χ0) is 15.8. The second-order valence-corrected chi connectivity index (χ2v) is 4.98. The molecule has 0 aliphatic heterocycles. The van der Waals surface area contributed by atoms with Gasteiger partial charge in [0.1, 0.15) is 5.75 Å². The van der Waals surface area contributed by atoms with Crippen LogP contribution in [-0.2, 0) is 6.42 Å². The molecule has 0 heterocycles. The van der Waals surface area contributed by atoms with Crippen molar-refractivity contribution >= 4 is 17.4 Å².